The summed E-state index contributed by atoms with van der Waals surface area (Å²) in [5.74, 6) is 0.0493. The molecular weight excluding hydrogens is 388 g/mol. The first-order valence-corrected chi connectivity index (χ1v) is 10.4. The summed E-state index contributed by atoms with van der Waals surface area (Å²) in [6.07, 6.45) is 3.66. The van der Waals surface area contributed by atoms with Crippen molar-refractivity contribution in [2.24, 2.45) is 10.9 Å². The van der Waals surface area contributed by atoms with Crippen molar-refractivity contribution in [3.63, 3.8) is 0 Å². The van der Waals surface area contributed by atoms with Crippen LogP contribution in [0.3, 0.4) is 0 Å². The van der Waals surface area contributed by atoms with E-state index in [0.717, 1.165) is 17.8 Å². The smallest absolute Gasteiger partial charge is 0.270 e. The molecule has 1 aromatic carbocycles. The number of hydrogen-bond acceptors (Lipinski definition) is 6. The van der Waals surface area contributed by atoms with Crippen molar-refractivity contribution in [3.05, 3.63) is 67.5 Å². The van der Waals surface area contributed by atoms with Crippen LogP contribution in [0.5, 0.6) is 5.75 Å². The zero-order chi connectivity index (χ0) is 20.3. The fraction of sp³-hybridized carbons (Fsp3) is 0.333. The summed E-state index contributed by atoms with van der Waals surface area (Å²) in [7, 11) is 0. The first-order chi connectivity index (χ1) is 13.9. The summed E-state index contributed by atoms with van der Waals surface area (Å²) >= 11 is 1.31. The lowest BCUT2D eigenvalue weighted by atomic mass is 9.79. The Hall–Kier alpha value is -3.00. The number of Topliss-reactive ketones (excluding diaryl/α,β-unsaturated/α-hetero) is 1. The lowest BCUT2D eigenvalue weighted by Gasteiger charge is -2.45. The number of nitrogens with zero attached hydrogens (tertiary/aromatic N) is 4. The van der Waals surface area contributed by atoms with Crippen molar-refractivity contribution in [3.8, 4) is 5.75 Å². The number of thiazole rings is 1. The number of ether oxygens (including phenoxy) is 1. The predicted molar refractivity (Wildman–Crippen MR) is 109 cm³/mol. The van der Waals surface area contributed by atoms with Gasteiger partial charge in [0.1, 0.15) is 17.5 Å². The molecule has 0 radical (unpaired) electrons. The molecule has 29 heavy (non-hydrogen) atoms. The van der Waals surface area contributed by atoms with Gasteiger partial charge in [0, 0.05) is 18.3 Å². The Bertz CT molecular complexity index is 1320. The van der Waals surface area contributed by atoms with Crippen LogP contribution in [0.1, 0.15) is 38.1 Å². The fourth-order valence-electron chi connectivity index (χ4n) is 4.32. The molecule has 5 rings (SSSR count). The van der Waals surface area contributed by atoms with Crippen LogP contribution < -0.4 is 19.6 Å². The van der Waals surface area contributed by atoms with Crippen molar-refractivity contribution >= 4 is 23.2 Å². The van der Waals surface area contributed by atoms with Crippen LogP contribution in [0.15, 0.2) is 46.3 Å². The molecule has 2 aliphatic heterocycles. The molecule has 0 amide bonds. The summed E-state index contributed by atoms with van der Waals surface area (Å²) in [6.45, 7) is 6.13. The largest absolute Gasteiger partial charge is 0.465 e. The Morgan fingerprint density at radius 2 is 2.14 bits per heavy atom. The third-order valence-corrected chi connectivity index (χ3v) is 6.56. The molecule has 148 valence electrons. The number of ketones is 1. The first kappa shape index (κ1) is 18.1. The van der Waals surface area contributed by atoms with Crippen LogP contribution in [0.25, 0.3) is 6.08 Å². The number of fused-ring (bicyclic) bond motifs is 6. The Kier molecular flexibility index (Phi) is 3.89. The second-order valence-electron chi connectivity index (χ2n) is 7.50. The van der Waals surface area contributed by atoms with Gasteiger partial charge in [0.15, 0.2) is 4.80 Å². The highest BCUT2D eigenvalue weighted by Crippen LogP contribution is 2.47. The van der Waals surface area contributed by atoms with Gasteiger partial charge in [-0.3, -0.25) is 18.8 Å². The summed E-state index contributed by atoms with van der Waals surface area (Å²) in [5.41, 5.74) is 0.360. The number of hydrogen-bond donors (Lipinski definition) is 0. The topological polar surface area (TPSA) is 78.5 Å². The Morgan fingerprint density at radius 1 is 1.34 bits per heavy atom. The molecule has 0 aliphatic carbocycles. The van der Waals surface area contributed by atoms with Crippen molar-refractivity contribution in [2.75, 3.05) is 0 Å². The Morgan fingerprint density at radius 3 is 2.86 bits per heavy atom. The maximum absolute atomic E-state index is 13.4. The average Bonchev–Trinajstić information content (AvgIpc) is 3.25. The summed E-state index contributed by atoms with van der Waals surface area (Å²) < 4.78 is 10.2. The molecule has 3 atom stereocenters. The van der Waals surface area contributed by atoms with Crippen LogP contribution in [-0.4, -0.2) is 25.9 Å². The lowest BCUT2D eigenvalue weighted by Crippen LogP contribution is -2.58. The van der Waals surface area contributed by atoms with Crippen LogP contribution >= 0.6 is 11.3 Å². The SMILES string of the molecule is CCn1ccc(C=c2sc3n(c2=O)C2c4ccccc4OC(C)(N=3)C2C(C)=O)n1. The van der Waals surface area contributed by atoms with E-state index in [1.165, 1.54) is 18.3 Å². The Labute approximate surface area is 170 Å². The minimum absolute atomic E-state index is 0.0493. The second kappa shape index (κ2) is 6.25. The molecule has 0 saturated carbocycles. The molecule has 2 bridgehead atoms. The van der Waals surface area contributed by atoms with E-state index < -0.39 is 17.7 Å². The van der Waals surface area contributed by atoms with Gasteiger partial charge in [0.05, 0.1) is 16.3 Å². The highest BCUT2D eigenvalue weighted by Gasteiger charge is 2.53. The summed E-state index contributed by atoms with van der Waals surface area (Å²) in [6, 6.07) is 9.00. The van der Waals surface area contributed by atoms with Crippen LogP contribution in [0.2, 0.25) is 0 Å². The van der Waals surface area contributed by atoms with Gasteiger partial charge in [0.25, 0.3) is 5.56 Å². The van der Waals surface area contributed by atoms with Gasteiger partial charge in [-0.1, -0.05) is 29.5 Å². The van der Waals surface area contributed by atoms with E-state index in [1.54, 1.807) is 10.6 Å². The zero-order valence-corrected chi connectivity index (χ0v) is 17.1. The first-order valence-electron chi connectivity index (χ1n) is 9.56. The minimum Gasteiger partial charge on any atom is -0.465 e. The van der Waals surface area contributed by atoms with Crippen molar-refractivity contribution in [2.45, 2.75) is 39.1 Å². The van der Waals surface area contributed by atoms with Crippen LogP contribution in [0.4, 0.5) is 0 Å². The zero-order valence-electron chi connectivity index (χ0n) is 16.3. The van der Waals surface area contributed by atoms with E-state index >= 15 is 0 Å². The summed E-state index contributed by atoms with van der Waals surface area (Å²) in [4.78, 5) is 31.3. The molecule has 7 nitrogen and oxygen atoms in total. The number of para-hydroxylation sites is 1. The molecular formula is C21H20N4O3S. The number of rotatable bonds is 3. The van der Waals surface area contributed by atoms with E-state index in [9.17, 15) is 9.59 Å². The number of carbonyl (C=O) groups excluding carboxylic acids is 1. The van der Waals surface area contributed by atoms with E-state index in [1.807, 2.05) is 55.1 Å². The normalized spacial score (nSPS) is 25.0. The van der Waals surface area contributed by atoms with Gasteiger partial charge in [-0.05, 0) is 39.0 Å². The number of aryl methyl sites for hydroxylation is 1. The van der Waals surface area contributed by atoms with Crippen molar-refractivity contribution in [1.82, 2.24) is 14.3 Å². The molecule has 4 heterocycles. The molecule has 0 spiro atoms. The van der Waals surface area contributed by atoms with Gasteiger partial charge >= 0.3 is 0 Å². The fourth-order valence-corrected chi connectivity index (χ4v) is 5.40. The predicted octanol–water partition coefficient (Wildman–Crippen LogP) is 1.49. The quantitative estimate of drug-likeness (QED) is 0.658. The van der Waals surface area contributed by atoms with Gasteiger partial charge in [-0.15, -0.1) is 0 Å². The number of carbonyl (C=O) groups is 1. The molecule has 3 aromatic rings. The van der Waals surface area contributed by atoms with Crippen molar-refractivity contribution in [1.29, 1.82) is 0 Å². The standard InChI is InChI=1S/C21H20N4O3S/c1-4-24-10-9-13(23-24)11-16-19(27)25-18-14-7-5-6-8-15(14)28-21(3,17(18)12(2)26)22-20(25)29-16/h5-11,17-18H,4H2,1-3H3. The highest BCUT2D eigenvalue weighted by molar-refractivity contribution is 7.07. The minimum atomic E-state index is -1.04. The lowest BCUT2D eigenvalue weighted by molar-refractivity contribution is -0.132. The second-order valence-corrected chi connectivity index (χ2v) is 8.51. The molecule has 8 heteroatoms. The average molecular weight is 408 g/mol. The van der Waals surface area contributed by atoms with Gasteiger partial charge in [-0.2, -0.15) is 5.10 Å². The van der Waals surface area contributed by atoms with E-state index in [2.05, 4.69) is 5.10 Å². The molecule has 2 aromatic heterocycles. The van der Waals surface area contributed by atoms with Crippen LogP contribution in [-0.2, 0) is 11.3 Å². The number of aromatic nitrogens is 3. The summed E-state index contributed by atoms with van der Waals surface area (Å²) in [5, 5.41) is 4.44. The van der Waals surface area contributed by atoms with Gasteiger partial charge in [-0.25, -0.2) is 4.99 Å². The molecule has 3 unspecified atom stereocenters. The molecule has 2 aliphatic rings. The van der Waals surface area contributed by atoms with E-state index in [-0.39, 0.29) is 11.3 Å². The Balaban J connectivity index is 1.78. The molecule has 0 saturated heterocycles. The van der Waals surface area contributed by atoms with E-state index in [0.29, 0.717) is 15.1 Å². The van der Waals surface area contributed by atoms with Crippen molar-refractivity contribution < 1.29 is 9.53 Å². The van der Waals surface area contributed by atoms with Crippen LogP contribution in [0, 0.1) is 5.92 Å². The third kappa shape index (κ3) is 2.62. The monoisotopic (exact) mass is 408 g/mol. The van der Waals surface area contributed by atoms with Gasteiger partial charge in [0.2, 0.25) is 5.72 Å². The maximum Gasteiger partial charge on any atom is 0.270 e. The van der Waals surface area contributed by atoms with E-state index in [4.69, 9.17) is 9.73 Å². The molecule has 0 N–H and O–H groups in total. The highest BCUT2D eigenvalue weighted by atomic mass is 32.1. The van der Waals surface area contributed by atoms with Gasteiger partial charge < -0.3 is 4.74 Å². The third-order valence-electron chi connectivity index (χ3n) is 5.58. The number of benzene rings is 1. The maximum atomic E-state index is 13.4. The molecule has 0 fully saturated rings.